The fourth-order valence-corrected chi connectivity index (χ4v) is 1.91. The molecular formula is C14H11N2O. The summed E-state index contributed by atoms with van der Waals surface area (Å²) in [4.78, 5) is 7.42. The van der Waals surface area contributed by atoms with Crippen LogP contribution in [0.25, 0.3) is 22.2 Å². The molecule has 3 rings (SSSR count). The Labute approximate surface area is 99.1 Å². The zero-order valence-electron chi connectivity index (χ0n) is 9.40. The topological polar surface area (TPSA) is 37.9 Å². The molecule has 0 fully saturated rings. The van der Waals surface area contributed by atoms with E-state index in [1.165, 1.54) is 0 Å². The number of hydrogen-bond donors (Lipinski definition) is 1. The van der Waals surface area contributed by atoms with E-state index >= 15 is 0 Å². The van der Waals surface area contributed by atoms with Gasteiger partial charge in [0.2, 0.25) is 0 Å². The van der Waals surface area contributed by atoms with Crippen molar-refractivity contribution in [3.63, 3.8) is 0 Å². The summed E-state index contributed by atoms with van der Waals surface area (Å²) in [5, 5.41) is 0. The number of aromatic nitrogens is 2. The van der Waals surface area contributed by atoms with Gasteiger partial charge in [-0.25, -0.2) is 0 Å². The molecule has 0 aliphatic heterocycles. The molecule has 1 radical (unpaired) electrons. The van der Waals surface area contributed by atoms with Crippen LogP contribution in [0.4, 0.5) is 0 Å². The van der Waals surface area contributed by atoms with E-state index < -0.39 is 0 Å². The first-order valence-electron chi connectivity index (χ1n) is 5.36. The van der Waals surface area contributed by atoms with Gasteiger partial charge in [0.25, 0.3) is 0 Å². The normalized spacial score (nSPS) is 10.6. The number of benzene rings is 1. The van der Waals surface area contributed by atoms with Crippen LogP contribution >= 0.6 is 0 Å². The molecule has 3 aromatic rings. The Morgan fingerprint density at radius 3 is 2.76 bits per heavy atom. The predicted octanol–water partition coefficient (Wildman–Crippen LogP) is 3.04. The second kappa shape index (κ2) is 3.94. The van der Waals surface area contributed by atoms with Crippen LogP contribution in [-0.2, 0) is 0 Å². The van der Waals surface area contributed by atoms with Crippen LogP contribution in [0, 0.1) is 6.07 Å². The van der Waals surface area contributed by atoms with Gasteiger partial charge in [0.05, 0.1) is 18.1 Å². The van der Waals surface area contributed by atoms with E-state index in [9.17, 15) is 0 Å². The molecule has 0 bridgehead atoms. The van der Waals surface area contributed by atoms with Gasteiger partial charge < -0.3 is 9.72 Å². The molecule has 83 valence electrons. The number of pyridine rings is 1. The lowest BCUT2D eigenvalue weighted by molar-refractivity contribution is 0.415. The van der Waals surface area contributed by atoms with Crippen molar-refractivity contribution in [3.8, 4) is 16.9 Å². The highest BCUT2D eigenvalue weighted by atomic mass is 16.5. The van der Waals surface area contributed by atoms with Crippen molar-refractivity contribution in [2.45, 2.75) is 0 Å². The van der Waals surface area contributed by atoms with E-state index in [-0.39, 0.29) is 0 Å². The first-order valence-corrected chi connectivity index (χ1v) is 5.36. The van der Waals surface area contributed by atoms with Crippen molar-refractivity contribution in [2.75, 3.05) is 7.11 Å². The summed E-state index contributed by atoms with van der Waals surface area (Å²) in [6.07, 6.45) is 3.58. The Hall–Kier alpha value is -2.29. The number of hydrogen-bond acceptors (Lipinski definition) is 2. The average molecular weight is 223 g/mol. The maximum absolute atomic E-state index is 5.15. The molecule has 17 heavy (non-hydrogen) atoms. The first kappa shape index (κ1) is 9.90. The Morgan fingerprint density at radius 2 is 2.00 bits per heavy atom. The summed E-state index contributed by atoms with van der Waals surface area (Å²) in [5.41, 5.74) is 4.13. The highest BCUT2D eigenvalue weighted by molar-refractivity contribution is 5.91. The molecule has 1 N–H and O–H groups in total. The molecule has 0 aliphatic carbocycles. The van der Waals surface area contributed by atoms with Gasteiger partial charge in [-0.05, 0) is 23.8 Å². The van der Waals surface area contributed by atoms with Crippen molar-refractivity contribution in [2.24, 2.45) is 0 Å². The molecule has 2 aromatic heterocycles. The highest BCUT2D eigenvalue weighted by Crippen LogP contribution is 2.27. The number of nitrogens with one attached hydrogen (secondary N) is 1. The molecule has 0 saturated heterocycles. The summed E-state index contributed by atoms with van der Waals surface area (Å²) in [6.45, 7) is 0. The Kier molecular flexibility index (Phi) is 2.29. The van der Waals surface area contributed by atoms with Crippen LogP contribution in [-0.4, -0.2) is 17.1 Å². The monoisotopic (exact) mass is 223 g/mol. The van der Waals surface area contributed by atoms with E-state index in [2.05, 4.69) is 16.0 Å². The summed E-state index contributed by atoms with van der Waals surface area (Å²) in [5.74, 6) is 0.858. The van der Waals surface area contributed by atoms with Crippen LogP contribution in [0.15, 0.2) is 42.7 Å². The molecule has 0 aliphatic rings. The number of methoxy groups -OCH3 is 1. The minimum atomic E-state index is 0.858. The number of nitrogens with zero attached hydrogens (tertiary/aromatic N) is 1. The second-order valence-corrected chi connectivity index (χ2v) is 3.74. The van der Waals surface area contributed by atoms with E-state index in [1.807, 2.05) is 30.3 Å². The van der Waals surface area contributed by atoms with Crippen LogP contribution < -0.4 is 4.74 Å². The smallest absolute Gasteiger partial charge is 0.118 e. The SMILES string of the molecule is COc1ccc(-c2ccnc3[c]c[nH]c23)cc1. The molecule has 0 spiro atoms. The van der Waals surface area contributed by atoms with Gasteiger partial charge in [-0.3, -0.25) is 4.98 Å². The van der Waals surface area contributed by atoms with Gasteiger partial charge >= 0.3 is 0 Å². The van der Waals surface area contributed by atoms with Crippen LogP contribution in [0.1, 0.15) is 0 Å². The van der Waals surface area contributed by atoms with E-state index in [1.54, 1.807) is 19.5 Å². The van der Waals surface area contributed by atoms with Crippen LogP contribution in [0.5, 0.6) is 5.75 Å². The van der Waals surface area contributed by atoms with E-state index in [4.69, 9.17) is 4.74 Å². The predicted molar refractivity (Wildman–Crippen MR) is 66.9 cm³/mol. The minimum Gasteiger partial charge on any atom is -0.497 e. The zero-order chi connectivity index (χ0) is 11.7. The van der Waals surface area contributed by atoms with E-state index in [0.29, 0.717) is 0 Å². The van der Waals surface area contributed by atoms with Crippen molar-refractivity contribution >= 4 is 11.0 Å². The Morgan fingerprint density at radius 1 is 1.18 bits per heavy atom. The lowest BCUT2D eigenvalue weighted by atomic mass is 10.1. The van der Waals surface area contributed by atoms with Gasteiger partial charge in [-0.1, -0.05) is 12.1 Å². The number of fused-ring (bicyclic) bond motifs is 1. The fourth-order valence-electron chi connectivity index (χ4n) is 1.91. The third-order valence-electron chi connectivity index (χ3n) is 2.78. The third-order valence-corrected chi connectivity index (χ3v) is 2.78. The van der Waals surface area contributed by atoms with Gasteiger partial charge in [-0.15, -0.1) is 0 Å². The van der Waals surface area contributed by atoms with E-state index in [0.717, 1.165) is 27.9 Å². The van der Waals surface area contributed by atoms with Crippen molar-refractivity contribution in [3.05, 3.63) is 48.8 Å². The standard InChI is InChI=1S/C14H11N2O/c1-17-11-4-2-10(3-5-11)12-6-8-15-13-7-9-16-14(12)13/h2-6,8-9,16H,1H3. The molecule has 3 heteroatoms. The van der Waals surface area contributed by atoms with Gasteiger partial charge in [-0.2, -0.15) is 0 Å². The summed E-state index contributed by atoms with van der Waals surface area (Å²) in [7, 11) is 1.67. The van der Waals surface area contributed by atoms with Crippen molar-refractivity contribution in [1.82, 2.24) is 9.97 Å². The molecule has 1 aromatic carbocycles. The lowest BCUT2D eigenvalue weighted by Crippen LogP contribution is -1.84. The number of ether oxygens (including phenoxy) is 1. The largest absolute Gasteiger partial charge is 0.497 e. The second-order valence-electron chi connectivity index (χ2n) is 3.74. The molecule has 0 unspecified atom stereocenters. The maximum atomic E-state index is 5.15. The molecule has 0 saturated carbocycles. The molecule has 0 amide bonds. The van der Waals surface area contributed by atoms with Crippen LogP contribution in [0.2, 0.25) is 0 Å². The molecule has 2 heterocycles. The molecule has 0 atom stereocenters. The quantitative estimate of drug-likeness (QED) is 0.725. The Balaban J connectivity index is 2.16. The molecule has 3 nitrogen and oxygen atoms in total. The lowest BCUT2D eigenvalue weighted by Gasteiger charge is -2.04. The first-order chi connectivity index (χ1) is 8.38. The van der Waals surface area contributed by atoms with Gasteiger partial charge in [0, 0.05) is 24.0 Å². The Bertz CT molecular complexity index is 641. The number of rotatable bonds is 2. The zero-order valence-corrected chi connectivity index (χ0v) is 9.40. The van der Waals surface area contributed by atoms with Gasteiger partial charge in [0.15, 0.2) is 0 Å². The number of H-pyrrole nitrogens is 1. The molecular weight excluding hydrogens is 212 g/mol. The summed E-state index contributed by atoms with van der Waals surface area (Å²) < 4.78 is 5.15. The average Bonchev–Trinajstić information content (AvgIpc) is 2.87. The highest BCUT2D eigenvalue weighted by Gasteiger charge is 2.05. The third kappa shape index (κ3) is 1.65. The van der Waals surface area contributed by atoms with Crippen molar-refractivity contribution < 1.29 is 4.74 Å². The fraction of sp³-hybridized carbons (Fsp3) is 0.0714. The number of aromatic amines is 1. The minimum absolute atomic E-state index is 0.858. The summed E-state index contributed by atoms with van der Waals surface area (Å²) in [6, 6.07) is 13.0. The van der Waals surface area contributed by atoms with Crippen molar-refractivity contribution in [1.29, 1.82) is 0 Å². The van der Waals surface area contributed by atoms with Crippen LogP contribution in [0.3, 0.4) is 0 Å². The summed E-state index contributed by atoms with van der Waals surface area (Å²) >= 11 is 0. The van der Waals surface area contributed by atoms with Gasteiger partial charge in [0.1, 0.15) is 5.75 Å². The maximum Gasteiger partial charge on any atom is 0.118 e.